The van der Waals surface area contributed by atoms with E-state index in [9.17, 15) is 0 Å². The lowest BCUT2D eigenvalue weighted by Crippen LogP contribution is -2.36. The van der Waals surface area contributed by atoms with Gasteiger partial charge in [0.05, 0.1) is 11.2 Å². The van der Waals surface area contributed by atoms with Crippen LogP contribution in [-0.2, 0) is 13.5 Å². The second kappa shape index (κ2) is 4.15. The molecule has 1 fully saturated rings. The molecule has 1 aromatic heterocycles. The number of aryl methyl sites for hydroxylation is 1. The zero-order chi connectivity index (χ0) is 11.8. The quantitative estimate of drug-likeness (QED) is 0.877. The highest BCUT2D eigenvalue weighted by Crippen LogP contribution is 2.30. The van der Waals surface area contributed by atoms with Gasteiger partial charge in [0.2, 0.25) is 0 Å². The molecule has 1 unspecified atom stereocenters. The molecule has 1 aromatic carbocycles. The van der Waals surface area contributed by atoms with Crippen LogP contribution in [0.1, 0.15) is 25.0 Å². The van der Waals surface area contributed by atoms with Crippen molar-refractivity contribution in [1.82, 2.24) is 9.78 Å². The van der Waals surface area contributed by atoms with E-state index in [1.165, 1.54) is 30.2 Å². The van der Waals surface area contributed by atoms with Crippen molar-refractivity contribution in [3.05, 3.63) is 30.0 Å². The fourth-order valence-electron chi connectivity index (χ4n) is 2.70. The van der Waals surface area contributed by atoms with Crippen molar-refractivity contribution in [2.75, 3.05) is 0 Å². The maximum atomic E-state index is 6.26. The highest BCUT2D eigenvalue weighted by atomic mass is 15.3. The van der Waals surface area contributed by atoms with Gasteiger partial charge in [-0.3, -0.25) is 4.68 Å². The summed E-state index contributed by atoms with van der Waals surface area (Å²) in [6.45, 7) is 0. The van der Waals surface area contributed by atoms with E-state index in [2.05, 4.69) is 29.4 Å². The Kier molecular flexibility index (Phi) is 2.63. The molecule has 0 spiro atoms. The molecule has 1 atom stereocenters. The maximum absolute atomic E-state index is 6.26. The molecule has 0 saturated heterocycles. The second-order valence-corrected chi connectivity index (χ2v) is 5.15. The summed E-state index contributed by atoms with van der Waals surface area (Å²) in [5.41, 5.74) is 8.61. The largest absolute Gasteiger partial charge is 0.327 e. The standard InChI is InChI=1S/C14H19N3/c1-17-14-8-3-2-7-11(14)13(16-17)9-12(15)10-5-4-6-10/h2-3,7-8,10,12H,4-6,9,15H2,1H3. The Morgan fingerprint density at radius 1 is 1.41 bits per heavy atom. The Labute approximate surface area is 102 Å². The van der Waals surface area contributed by atoms with Crippen LogP contribution in [-0.4, -0.2) is 15.8 Å². The van der Waals surface area contributed by atoms with Gasteiger partial charge >= 0.3 is 0 Å². The molecule has 2 N–H and O–H groups in total. The van der Waals surface area contributed by atoms with Crippen LogP contribution in [0.4, 0.5) is 0 Å². The third-order valence-corrected chi connectivity index (χ3v) is 4.02. The number of rotatable bonds is 3. The van der Waals surface area contributed by atoms with Crippen LogP contribution in [0, 0.1) is 5.92 Å². The van der Waals surface area contributed by atoms with Gasteiger partial charge in [0.25, 0.3) is 0 Å². The van der Waals surface area contributed by atoms with Crippen LogP contribution in [0.5, 0.6) is 0 Å². The summed E-state index contributed by atoms with van der Waals surface area (Å²) in [7, 11) is 2.00. The summed E-state index contributed by atoms with van der Waals surface area (Å²) in [6, 6.07) is 8.66. The predicted octanol–water partition coefficient (Wildman–Crippen LogP) is 2.24. The van der Waals surface area contributed by atoms with Gasteiger partial charge in [0.1, 0.15) is 0 Å². The fourth-order valence-corrected chi connectivity index (χ4v) is 2.70. The first-order valence-electron chi connectivity index (χ1n) is 6.42. The number of fused-ring (bicyclic) bond motifs is 1. The van der Waals surface area contributed by atoms with Gasteiger partial charge in [-0.1, -0.05) is 24.6 Å². The van der Waals surface area contributed by atoms with E-state index >= 15 is 0 Å². The Morgan fingerprint density at radius 3 is 2.88 bits per heavy atom. The van der Waals surface area contributed by atoms with Gasteiger partial charge in [-0.05, 0) is 24.8 Å². The van der Waals surface area contributed by atoms with Crippen LogP contribution in [0.3, 0.4) is 0 Å². The SMILES string of the molecule is Cn1nc(CC(N)C2CCC2)c2ccccc21. The normalized spacial score (nSPS) is 18.2. The number of hydrogen-bond donors (Lipinski definition) is 1. The minimum absolute atomic E-state index is 0.280. The molecule has 1 aliphatic carbocycles. The highest BCUT2D eigenvalue weighted by molar-refractivity contribution is 5.81. The van der Waals surface area contributed by atoms with E-state index in [1.807, 2.05) is 11.7 Å². The lowest BCUT2D eigenvalue weighted by atomic mass is 9.78. The van der Waals surface area contributed by atoms with Crippen molar-refractivity contribution in [3.63, 3.8) is 0 Å². The summed E-state index contributed by atoms with van der Waals surface area (Å²) >= 11 is 0. The number of para-hydroxylation sites is 1. The van der Waals surface area contributed by atoms with E-state index in [0.29, 0.717) is 0 Å². The molecule has 0 bridgehead atoms. The molecule has 0 radical (unpaired) electrons. The topological polar surface area (TPSA) is 43.8 Å². The van der Waals surface area contributed by atoms with Gasteiger partial charge in [0.15, 0.2) is 0 Å². The van der Waals surface area contributed by atoms with Gasteiger partial charge in [-0.2, -0.15) is 5.10 Å². The molecule has 17 heavy (non-hydrogen) atoms. The van der Waals surface area contributed by atoms with Crippen LogP contribution in [0.25, 0.3) is 10.9 Å². The third kappa shape index (κ3) is 1.84. The molecule has 3 nitrogen and oxygen atoms in total. The molecule has 1 saturated carbocycles. The smallest absolute Gasteiger partial charge is 0.0718 e. The molecule has 0 aliphatic heterocycles. The van der Waals surface area contributed by atoms with Crippen LogP contribution in [0.15, 0.2) is 24.3 Å². The van der Waals surface area contributed by atoms with Crippen LogP contribution in [0.2, 0.25) is 0 Å². The minimum atomic E-state index is 0.280. The van der Waals surface area contributed by atoms with Crippen molar-refractivity contribution in [1.29, 1.82) is 0 Å². The molecule has 3 rings (SSSR count). The van der Waals surface area contributed by atoms with Crippen molar-refractivity contribution >= 4 is 10.9 Å². The first-order chi connectivity index (χ1) is 8.25. The first-order valence-corrected chi connectivity index (χ1v) is 6.42. The molecular formula is C14H19N3. The van der Waals surface area contributed by atoms with Crippen LogP contribution >= 0.6 is 0 Å². The second-order valence-electron chi connectivity index (χ2n) is 5.15. The Balaban J connectivity index is 1.89. The predicted molar refractivity (Wildman–Crippen MR) is 69.7 cm³/mol. The number of aromatic nitrogens is 2. The molecule has 1 heterocycles. The summed E-state index contributed by atoms with van der Waals surface area (Å²) in [4.78, 5) is 0. The number of hydrogen-bond acceptors (Lipinski definition) is 2. The first kappa shape index (κ1) is 10.8. The van der Waals surface area contributed by atoms with Gasteiger partial charge < -0.3 is 5.73 Å². The van der Waals surface area contributed by atoms with Gasteiger partial charge in [-0.25, -0.2) is 0 Å². The summed E-state index contributed by atoms with van der Waals surface area (Å²) in [6.07, 6.45) is 4.85. The van der Waals surface area contributed by atoms with E-state index in [1.54, 1.807) is 0 Å². The van der Waals surface area contributed by atoms with Crippen molar-refractivity contribution < 1.29 is 0 Å². The molecule has 3 heteroatoms. The monoisotopic (exact) mass is 229 g/mol. The Hall–Kier alpha value is -1.35. The zero-order valence-corrected chi connectivity index (χ0v) is 10.3. The maximum Gasteiger partial charge on any atom is 0.0718 e. The fraction of sp³-hybridized carbons (Fsp3) is 0.500. The van der Waals surface area contributed by atoms with E-state index in [-0.39, 0.29) is 6.04 Å². The Bertz CT molecular complexity index is 525. The highest BCUT2D eigenvalue weighted by Gasteiger charge is 2.25. The Morgan fingerprint density at radius 2 is 2.18 bits per heavy atom. The average molecular weight is 229 g/mol. The summed E-state index contributed by atoms with van der Waals surface area (Å²) in [5.74, 6) is 0.718. The lowest BCUT2D eigenvalue weighted by Gasteiger charge is -2.30. The van der Waals surface area contributed by atoms with E-state index < -0.39 is 0 Å². The van der Waals surface area contributed by atoms with E-state index in [4.69, 9.17) is 5.73 Å². The van der Waals surface area contributed by atoms with Crippen molar-refractivity contribution in [3.8, 4) is 0 Å². The number of benzene rings is 1. The van der Waals surface area contributed by atoms with Crippen molar-refractivity contribution in [2.24, 2.45) is 18.7 Å². The van der Waals surface area contributed by atoms with Crippen molar-refractivity contribution in [2.45, 2.75) is 31.7 Å². The minimum Gasteiger partial charge on any atom is -0.327 e. The van der Waals surface area contributed by atoms with Gasteiger partial charge in [-0.15, -0.1) is 0 Å². The molecular weight excluding hydrogens is 210 g/mol. The zero-order valence-electron chi connectivity index (χ0n) is 10.3. The number of nitrogens with zero attached hydrogens (tertiary/aromatic N) is 2. The summed E-state index contributed by atoms with van der Waals surface area (Å²) < 4.78 is 1.96. The van der Waals surface area contributed by atoms with Crippen LogP contribution < -0.4 is 5.73 Å². The third-order valence-electron chi connectivity index (χ3n) is 4.02. The van der Waals surface area contributed by atoms with E-state index in [0.717, 1.165) is 18.0 Å². The molecule has 1 aliphatic rings. The lowest BCUT2D eigenvalue weighted by molar-refractivity contribution is 0.259. The molecule has 0 amide bonds. The number of nitrogens with two attached hydrogens (primary N) is 1. The molecule has 2 aromatic rings. The molecule has 90 valence electrons. The van der Waals surface area contributed by atoms with Gasteiger partial charge in [0, 0.05) is 24.9 Å². The average Bonchev–Trinajstić information content (AvgIpc) is 2.54. The summed E-state index contributed by atoms with van der Waals surface area (Å²) in [5, 5.41) is 5.86.